The van der Waals surface area contributed by atoms with Gasteiger partial charge >= 0.3 is 0 Å². The van der Waals surface area contributed by atoms with E-state index in [2.05, 4.69) is 115 Å². The Morgan fingerprint density at radius 1 is 0.605 bits per heavy atom. The summed E-state index contributed by atoms with van der Waals surface area (Å²) in [6.07, 6.45) is 0. The molecule has 3 nitrogen and oxygen atoms in total. The molecule has 0 unspecified atom stereocenters. The van der Waals surface area contributed by atoms with E-state index in [4.69, 9.17) is 4.98 Å². The van der Waals surface area contributed by atoms with Crippen LogP contribution in [0.5, 0.6) is 0 Å². The molecular weight excluding hydrogens is 557 g/mol. The van der Waals surface area contributed by atoms with Crippen LogP contribution in [0.25, 0.3) is 81.3 Å². The molecule has 0 N–H and O–H groups in total. The Kier molecular flexibility index (Phi) is 4.45. The number of aromatic nitrogens is 2. The lowest BCUT2D eigenvalue weighted by atomic mass is 9.87. The van der Waals surface area contributed by atoms with Crippen molar-refractivity contribution >= 4 is 108 Å². The largest absolute Gasteiger partial charge is 0.268 e. The summed E-state index contributed by atoms with van der Waals surface area (Å²) < 4.78 is 1.93. The molecule has 0 atom stereocenters. The van der Waals surface area contributed by atoms with Crippen LogP contribution in [0.2, 0.25) is 39.3 Å². The van der Waals surface area contributed by atoms with E-state index >= 15 is 0 Å². The number of fused-ring (bicyclic) bond motifs is 7. The fourth-order valence-corrected chi connectivity index (χ4v) is 11.3. The van der Waals surface area contributed by atoms with E-state index in [0.29, 0.717) is 0 Å². The molecule has 9 aromatic rings. The number of hydrogen-bond donors (Lipinski definition) is 0. The standard InChI is InChI=1S/C38H36N2OSi2/c1-38(2,3)20-12-15-25-26(16-20)40-36(39-25)34-23-17-27(42(4,5)6)21-13-10-19-11-14-22-28(43(7,8)9)18-24(35(34)37(40)41)33-31(22)29(19)30(21)32(23)33/h10-18H,1-9H3. The summed E-state index contributed by atoms with van der Waals surface area (Å²) in [4.78, 5) is 20.1. The molecule has 0 saturated carbocycles. The average molecular weight is 593 g/mol. The zero-order chi connectivity index (χ0) is 30.1. The first-order valence-corrected chi connectivity index (χ1v) is 22.5. The quantitative estimate of drug-likeness (QED) is 0.148. The highest BCUT2D eigenvalue weighted by Crippen LogP contribution is 2.51. The minimum atomic E-state index is -1.77. The Hall–Kier alpha value is -3.81. The van der Waals surface area contributed by atoms with Crippen molar-refractivity contribution in [1.29, 1.82) is 0 Å². The number of nitrogens with zero attached hydrogens (tertiary/aromatic N) is 2. The van der Waals surface area contributed by atoms with Gasteiger partial charge in [-0.2, -0.15) is 0 Å². The van der Waals surface area contributed by atoms with Crippen molar-refractivity contribution in [2.24, 2.45) is 0 Å². The lowest BCUT2D eigenvalue weighted by Gasteiger charge is -2.21. The molecule has 0 amide bonds. The van der Waals surface area contributed by atoms with Crippen LogP contribution >= 0.6 is 0 Å². The van der Waals surface area contributed by atoms with Crippen LogP contribution in [0.4, 0.5) is 0 Å². The molecule has 43 heavy (non-hydrogen) atoms. The van der Waals surface area contributed by atoms with Crippen molar-refractivity contribution < 1.29 is 0 Å². The van der Waals surface area contributed by atoms with Crippen molar-refractivity contribution in [2.75, 3.05) is 0 Å². The van der Waals surface area contributed by atoms with Gasteiger partial charge in [-0.15, -0.1) is 0 Å². The molecule has 0 aliphatic heterocycles. The van der Waals surface area contributed by atoms with Crippen molar-refractivity contribution in [1.82, 2.24) is 9.38 Å². The van der Waals surface area contributed by atoms with Crippen LogP contribution in [-0.4, -0.2) is 25.5 Å². The monoisotopic (exact) mass is 592 g/mol. The van der Waals surface area contributed by atoms with Crippen molar-refractivity contribution in [3.63, 3.8) is 0 Å². The Labute approximate surface area is 252 Å². The van der Waals surface area contributed by atoms with Gasteiger partial charge in [-0.1, -0.05) is 113 Å². The summed E-state index contributed by atoms with van der Waals surface area (Å²) in [6.45, 7) is 21.3. The third-order valence-corrected chi connectivity index (χ3v) is 14.3. The summed E-state index contributed by atoms with van der Waals surface area (Å²) in [5.41, 5.74) is 3.88. The topological polar surface area (TPSA) is 34.4 Å². The second-order valence-corrected chi connectivity index (χ2v) is 26.1. The van der Waals surface area contributed by atoms with E-state index in [9.17, 15) is 4.79 Å². The predicted octanol–water partition coefficient (Wildman–Crippen LogP) is 8.91. The van der Waals surface area contributed by atoms with Crippen LogP contribution in [0.15, 0.2) is 59.4 Å². The van der Waals surface area contributed by atoms with Crippen LogP contribution in [0.3, 0.4) is 0 Å². The van der Waals surface area contributed by atoms with Gasteiger partial charge in [-0.3, -0.25) is 9.20 Å². The highest BCUT2D eigenvalue weighted by molar-refractivity contribution is 6.91. The molecule has 0 aliphatic rings. The van der Waals surface area contributed by atoms with Gasteiger partial charge in [0.05, 0.1) is 32.6 Å². The highest BCUT2D eigenvalue weighted by atomic mass is 28.3. The molecule has 0 spiro atoms. The summed E-state index contributed by atoms with van der Waals surface area (Å²) in [5, 5.41) is 17.9. The molecule has 0 fully saturated rings. The van der Waals surface area contributed by atoms with Gasteiger partial charge in [-0.05, 0) is 77.0 Å². The zero-order valence-corrected chi connectivity index (χ0v) is 28.5. The third-order valence-electron chi connectivity index (χ3n) is 10.2. The number of hydrogen-bond acceptors (Lipinski definition) is 2. The molecule has 7 aromatic carbocycles. The first kappa shape index (κ1) is 25.7. The van der Waals surface area contributed by atoms with Crippen LogP contribution in [0.1, 0.15) is 26.3 Å². The van der Waals surface area contributed by atoms with Crippen LogP contribution in [0, 0.1) is 0 Å². The molecular formula is C38H36N2OSi2. The first-order chi connectivity index (χ1) is 20.2. The van der Waals surface area contributed by atoms with Crippen molar-refractivity contribution in [2.45, 2.75) is 65.5 Å². The number of rotatable bonds is 2. The molecule has 0 bridgehead atoms. The van der Waals surface area contributed by atoms with E-state index in [1.54, 1.807) is 0 Å². The normalized spacial score (nSPS) is 14.3. The van der Waals surface area contributed by atoms with Gasteiger partial charge in [0.2, 0.25) is 0 Å². The zero-order valence-electron chi connectivity index (χ0n) is 26.5. The minimum Gasteiger partial charge on any atom is -0.268 e. The number of imidazole rings is 1. The maximum atomic E-state index is 14.9. The van der Waals surface area contributed by atoms with E-state index in [1.165, 1.54) is 64.4 Å². The Morgan fingerprint density at radius 3 is 1.67 bits per heavy atom. The second-order valence-electron chi connectivity index (χ2n) is 16.0. The van der Waals surface area contributed by atoms with E-state index in [0.717, 1.165) is 32.8 Å². The summed E-state index contributed by atoms with van der Waals surface area (Å²) in [6, 6.07) is 20.7. The van der Waals surface area contributed by atoms with Gasteiger partial charge in [-0.25, -0.2) is 4.98 Å². The first-order valence-electron chi connectivity index (χ1n) is 15.5. The molecule has 2 aromatic heterocycles. The van der Waals surface area contributed by atoms with Gasteiger partial charge < -0.3 is 0 Å². The lowest BCUT2D eigenvalue weighted by molar-refractivity contribution is 0.591. The van der Waals surface area contributed by atoms with Crippen molar-refractivity contribution in [3.8, 4) is 0 Å². The second kappa shape index (κ2) is 7.45. The fourth-order valence-electron chi connectivity index (χ4n) is 8.15. The predicted molar refractivity (Wildman–Crippen MR) is 193 cm³/mol. The average Bonchev–Trinajstić information content (AvgIpc) is 3.57. The van der Waals surface area contributed by atoms with Gasteiger partial charge in [0.25, 0.3) is 5.56 Å². The molecule has 0 radical (unpaired) electrons. The maximum absolute atomic E-state index is 14.9. The number of benzene rings is 6. The summed E-state index contributed by atoms with van der Waals surface area (Å²) >= 11 is 0. The summed E-state index contributed by atoms with van der Waals surface area (Å²) in [5.74, 6) is 0. The van der Waals surface area contributed by atoms with E-state index in [1.807, 2.05) is 4.40 Å². The SMILES string of the molecule is CC(C)(C)c1ccc2nc3c4c5cc([Si](C)(C)C)c6ccc7ccc8c([Si](C)(C)C)cc(c4c(=O)n3c2c1)c1c8c7c6c51. The molecule has 0 aliphatic carbocycles. The van der Waals surface area contributed by atoms with Gasteiger partial charge in [0.15, 0.2) is 0 Å². The smallest absolute Gasteiger partial charge is 0.265 e. The van der Waals surface area contributed by atoms with E-state index < -0.39 is 16.1 Å². The molecule has 9 rings (SSSR count). The van der Waals surface area contributed by atoms with Gasteiger partial charge in [0, 0.05) is 5.39 Å². The maximum Gasteiger partial charge on any atom is 0.265 e. The Morgan fingerprint density at radius 2 is 1.14 bits per heavy atom. The minimum absolute atomic E-state index is 0.0221. The molecule has 5 heteroatoms. The van der Waals surface area contributed by atoms with Gasteiger partial charge in [0.1, 0.15) is 5.65 Å². The fraction of sp³-hybridized carbons (Fsp3) is 0.263. The third kappa shape index (κ3) is 3.00. The van der Waals surface area contributed by atoms with E-state index in [-0.39, 0.29) is 11.0 Å². The molecule has 0 saturated heterocycles. The van der Waals surface area contributed by atoms with Crippen LogP contribution in [-0.2, 0) is 5.41 Å². The molecule has 212 valence electrons. The Bertz CT molecular complexity index is 2670. The highest BCUT2D eigenvalue weighted by Gasteiger charge is 2.32. The summed E-state index contributed by atoms with van der Waals surface area (Å²) in [7, 11) is -3.53. The Balaban J connectivity index is 1.66. The van der Waals surface area contributed by atoms with Crippen molar-refractivity contribution in [3.05, 3.63) is 70.5 Å². The lowest BCUT2D eigenvalue weighted by Crippen LogP contribution is -2.38. The van der Waals surface area contributed by atoms with Crippen LogP contribution < -0.4 is 15.9 Å². The molecule has 2 heterocycles.